The highest BCUT2D eigenvalue weighted by Gasteiger charge is 1.98. The van der Waals surface area contributed by atoms with Crippen LogP contribution in [0.3, 0.4) is 0 Å². The van der Waals surface area contributed by atoms with E-state index >= 15 is 0 Å². The summed E-state index contributed by atoms with van der Waals surface area (Å²) in [4.78, 5) is 0. The molecule has 0 rings (SSSR count). The van der Waals surface area contributed by atoms with Crippen molar-refractivity contribution in [1.29, 1.82) is 0 Å². The minimum absolute atomic E-state index is 0.0881. The molecule has 0 aromatic carbocycles. The van der Waals surface area contributed by atoms with Gasteiger partial charge in [-0.2, -0.15) is 0 Å². The van der Waals surface area contributed by atoms with E-state index < -0.39 is 0 Å². The van der Waals surface area contributed by atoms with Crippen molar-refractivity contribution in [2.75, 3.05) is 13.2 Å². The molecule has 0 aromatic heterocycles. The van der Waals surface area contributed by atoms with Gasteiger partial charge >= 0.3 is 0 Å². The predicted molar refractivity (Wildman–Crippen MR) is 46.5 cm³/mol. The standard InChI is InChI=1S/C9H18O2/c1-5-8(3)7-11-9(4)10-6-2/h5,9H,6-7H2,1-4H3/b8-5+. The van der Waals surface area contributed by atoms with Crippen LogP contribution in [0.5, 0.6) is 0 Å². The lowest BCUT2D eigenvalue weighted by Crippen LogP contribution is -2.13. The molecule has 0 aliphatic rings. The number of hydrogen-bond acceptors (Lipinski definition) is 2. The highest BCUT2D eigenvalue weighted by atomic mass is 16.7. The summed E-state index contributed by atoms with van der Waals surface area (Å²) in [6.45, 7) is 9.28. The van der Waals surface area contributed by atoms with Gasteiger partial charge in [-0.25, -0.2) is 0 Å². The monoisotopic (exact) mass is 158 g/mol. The van der Waals surface area contributed by atoms with Gasteiger partial charge in [0.05, 0.1) is 6.61 Å². The molecule has 0 saturated carbocycles. The fourth-order valence-corrected chi connectivity index (χ4v) is 0.615. The maximum atomic E-state index is 5.34. The van der Waals surface area contributed by atoms with Crippen LogP contribution in [0.15, 0.2) is 11.6 Å². The summed E-state index contributed by atoms with van der Waals surface area (Å²) in [5.74, 6) is 0. The Morgan fingerprint density at radius 3 is 2.55 bits per heavy atom. The Balaban J connectivity index is 3.37. The molecular weight excluding hydrogens is 140 g/mol. The van der Waals surface area contributed by atoms with Gasteiger partial charge in [-0.15, -0.1) is 0 Å². The van der Waals surface area contributed by atoms with Gasteiger partial charge in [0.1, 0.15) is 0 Å². The lowest BCUT2D eigenvalue weighted by Gasteiger charge is -2.12. The van der Waals surface area contributed by atoms with E-state index in [1.54, 1.807) is 0 Å². The highest BCUT2D eigenvalue weighted by molar-refractivity contribution is 4.95. The Labute approximate surface area is 69.2 Å². The summed E-state index contributed by atoms with van der Waals surface area (Å²) < 4.78 is 10.5. The van der Waals surface area contributed by atoms with E-state index in [1.807, 2.05) is 33.8 Å². The molecule has 0 bridgehead atoms. The highest BCUT2D eigenvalue weighted by Crippen LogP contribution is 1.98. The first-order valence-electron chi connectivity index (χ1n) is 4.05. The normalized spacial score (nSPS) is 15.1. The molecule has 0 heterocycles. The molecule has 11 heavy (non-hydrogen) atoms. The largest absolute Gasteiger partial charge is 0.353 e. The predicted octanol–water partition coefficient (Wildman–Crippen LogP) is 2.35. The minimum Gasteiger partial charge on any atom is -0.353 e. The summed E-state index contributed by atoms with van der Waals surface area (Å²) in [6, 6.07) is 0. The smallest absolute Gasteiger partial charge is 0.155 e. The second-order valence-electron chi connectivity index (χ2n) is 2.47. The second kappa shape index (κ2) is 6.38. The molecule has 0 aliphatic heterocycles. The zero-order valence-corrected chi connectivity index (χ0v) is 7.89. The van der Waals surface area contributed by atoms with E-state index in [1.165, 1.54) is 5.57 Å². The fourth-order valence-electron chi connectivity index (χ4n) is 0.615. The number of ether oxygens (including phenoxy) is 2. The first-order chi connectivity index (χ1) is 5.20. The summed E-state index contributed by atoms with van der Waals surface area (Å²) >= 11 is 0. The van der Waals surface area contributed by atoms with Crippen LogP contribution < -0.4 is 0 Å². The van der Waals surface area contributed by atoms with Crippen LogP contribution in [0.2, 0.25) is 0 Å². The van der Waals surface area contributed by atoms with Gasteiger partial charge < -0.3 is 9.47 Å². The SMILES string of the molecule is C/C=C(\C)COC(C)OCC. The van der Waals surface area contributed by atoms with E-state index in [4.69, 9.17) is 9.47 Å². The molecule has 2 nitrogen and oxygen atoms in total. The van der Waals surface area contributed by atoms with E-state index in [2.05, 4.69) is 0 Å². The maximum absolute atomic E-state index is 5.34. The Morgan fingerprint density at radius 2 is 2.09 bits per heavy atom. The molecular formula is C9H18O2. The third-order valence-electron chi connectivity index (χ3n) is 1.44. The van der Waals surface area contributed by atoms with Crippen molar-refractivity contribution in [3.05, 3.63) is 11.6 Å². The van der Waals surface area contributed by atoms with Crippen molar-refractivity contribution in [1.82, 2.24) is 0 Å². The first kappa shape index (κ1) is 10.7. The zero-order valence-electron chi connectivity index (χ0n) is 7.89. The van der Waals surface area contributed by atoms with E-state index in [0.717, 1.165) is 0 Å². The van der Waals surface area contributed by atoms with Crippen LogP contribution in [0, 0.1) is 0 Å². The van der Waals surface area contributed by atoms with E-state index in [9.17, 15) is 0 Å². The summed E-state index contributed by atoms with van der Waals surface area (Å²) in [7, 11) is 0. The number of rotatable bonds is 5. The summed E-state index contributed by atoms with van der Waals surface area (Å²) in [5.41, 5.74) is 1.23. The third kappa shape index (κ3) is 6.07. The zero-order chi connectivity index (χ0) is 8.69. The lowest BCUT2D eigenvalue weighted by atomic mass is 10.3. The fraction of sp³-hybridized carbons (Fsp3) is 0.778. The molecule has 0 fully saturated rings. The average molecular weight is 158 g/mol. The van der Waals surface area contributed by atoms with Crippen molar-refractivity contribution in [2.24, 2.45) is 0 Å². The molecule has 0 spiro atoms. The molecule has 0 aromatic rings. The Kier molecular flexibility index (Phi) is 6.18. The van der Waals surface area contributed by atoms with Gasteiger partial charge in [0.2, 0.25) is 0 Å². The minimum atomic E-state index is -0.0881. The Morgan fingerprint density at radius 1 is 1.45 bits per heavy atom. The van der Waals surface area contributed by atoms with E-state index in [0.29, 0.717) is 13.2 Å². The Hall–Kier alpha value is -0.340. The average Bonchev–Trinajstić information content (AvgIpc) is 2.01. The van der Waals surface area contributed by atoms with E-state index in [-0.39, 0.29) is 6.29 Å². The molecule has 0 aliphatic carbocycles. The van der Waals surface area contributed by atoms with Gasteiger partial charge in [0.15, 0.2) is 6.29 Å². The molecule has 2 heteroatoms. The molecule has 0 N–H and O–H groups in total. The van der Waals surface area contributed by atoms with Crippen LogP contribution in [0.4, 0.5) is 0 Å². The van der Waals surface area contributed by atoms with Crippen molar-refractivity contribution in [3.8, 4) is 0 Å². The maximum Gasteiger partial charge on any atom is 0.155 e. The van der Waals surface area contributed by atoms with Gasteiger partial charge in [0, 0.05) is 6.61 Å². The van der Waals surface area contributed by atoms with Crippen LogP contribution in [-0.4, -0.2) is 19.5 Å². The first-order valence-corrected chi connectivity index (χ1v) is 4.05. The molecule has 0 saturated heterocycles. The molecule has 1 unspecified atom stereocenters. The van der Waals surface area contributed by atoms with Gasteiger partial charge in [-0.1, -0.05) is 11.6 Å². The molecule has 66 valence electrons. The van der Waals surface area contributed by atoms with Crippen LogP contribution in [0.1, 0.15) is 27.7 Å². The van der Waals surface area contributed by atoms with Crippen molar-refractivity contribution in [3.63, 3.8) is 0 Å². The molecule has 0 radical (unpaired) electrons. The lowest BCUT2D eigenvalue weighted by molar-refractivity contribution is -0.120. The summed E-state index contributed by atoms with van der Waals surface area (Å²) in [5, 5.41) is 0. The number of hydrogen-bond donors (Lipinski definition) is 0. The quantitative estimate of drug-likeness (QED) is 0.451. The van der Waals surface area contributed by atoms with Crippen LogP contribution >= 0.6 is 0 Å². The second-order valence-corrected chi connectivity index (χ2v) is 2.47. The van der Waals surface area contributed by atoms with Crippen LogP contribution in [0.25, 0.3) is 0 Å². The van der Waals surface area contributed by atoms with Crippen LogP contribution in [-0.2, 0) is 9.47 Å². The van der Waals surface area contributed by atoms with Crippen molar-refractivity contribution in [2.45, 2.75) is 34.0 Å². The topological polar surface area (TPSA) is 18.5 Å². The number of allylic oxidation sites excluding steroid dienone is 1. The Bertz CT molecular complexity index is 119. The van der Waals surface area contributed by atoms with Crippen molar-refractivity contribution < 1.29 is 9.47 Å². The van der Waals surface area contributed by atoms with Gasteiger partial charge in [-0.05, 0) is 27.7 Å². The third-order valence-corrected chi connectivity index (χ3v) is 1.44. The van der Waals surface area contributed by atoms with Gasteiger partial charge in [-0.3, -0.25) is 0 Å². The van der Waals surface area contributed by atoms with Gasteiger partial charge in [0.25, 0.3) is 0 Å². The summed E-state index contributed by atoms with van der Waals surface area (Å²) in [6.07, 6.45) is 1.95. The molecule has 1 atom stereocenters. The van der Waals surface area contributed by atoms with Crippen molar-refractivity contribution >= 4 is 0 Å². The molecule has 0 amide bonds.